The number of carbonyl (C=O) groups is 3. The van der Waals surface area contributed by atoms with E-state index in [0.29, 0.717) is 6.54 Å². The third-order valence-corrected chi connectivity index (χ3v) is 6.05. The van der Waals surface area contributed by atoms with Crippen molar-refractivity contribution < 1.29 is 34.2 Å². The van der Waals surface area contributed by atoms with Gasteiger partial charge < -0.3 is 24.6 Å². The Morgan fingerprint density at radius 1 is 0.656 bits per heavy atom. The van der Waals surface area contributed by atoms with Crippen LogP contribution in [-0.4, -0.2) is 58.8 Å². The summed E-state index contributed by atoms with van der Waals surface area (Å²) in [7, 11) is 0. The monoisotopic (exact) mass is 455 g/mol. The minimum atomic E-state index is -1.18. The summed E-state index contributed by atoms with van der Waals surface area (Å²) in [6.07, 6.45) is 18.2. The SMILES string of the molecule is CC/C=C/CCCCCCCCCCCC[N+](CCC(=O)[O-])(CCC(=O)O)CCC(=O)O. The Bertz CT molecular complexity index is 501. The lowest BCUT2D eigenvalue weighted by molar-refractivity contribution is -0.927. The van der Waals surface area contributed by atoms with Gasteiger partial charge in [-0.05, 0) is 32.1 Å². The van der Waals surface area contributed by atoms with Gasteiger partial charge in [0.2, 0.25) is 0 Å². The lowest BCUT2D eigenvalue weighted by Crippen LogP contribution is -2.53. The number of carboxylic acids is 3. The predicted molar refractivity (Wildman–Crippen MR) is 124 cm³/mol. The molecule has 0 aromatic carbocycles. The summed E-state index contributed by atoms with van der Waals surface area (Å²) in [5, 5.41) is 29.1. The van der Waals surface area contributed by atoms with Crippen LogP contribution in [0, 0.1) is 0 Å². The number of quaternary nitrogens is 1. The zero-order valence-electron chi connectivity index (χ0n) is 20.1. The van der Waals surface area contributed by atoms with E-state index in [1.54, 1.807) is 0 Å². The van der Waals surface area contributed by atoms with E-state index >= 15 is 0 Å². The second-order valence-corrected chi connectivity index (χ2v) is 8.85. The number of rotatable bonds is 23. The third kappa shape index (κ3) is 18.8. The van der Waals surface area contributed by atoms with Gasteiger partial charge in [0, 0.05) is 12.4 Å². The van der Waals surface area contributed by atoms with Crippen molar-refractivity contribution in [3.63, 3.8) is 0 Å². The molecule has 0 saturated heterocycles. The lowest BCUT2D eigenvalue weighted by atomic mass is 10.0. The molecule has 0 saturated carbocycles. The van der Waals surface area contributed by atoms with Crippen LogP contribution in [0.3, 0.4) is 0 Å². The van der Waals surface area contributed by atoms with Crippen molar-refractivity contribution >= 4 is 17.9 Å². The zero-order valence-corrected chi connectivity index (χ0v) is 20.1. The Kier molecular flexibility index (Phi) is 18.6. The molecule has 0 aliphatic rings. The molecule has 0 rings (SSSR count). The topological polar surface area (TPSA) is 115 Å². The number of allylic oxidation sites excluding steroid dienone is 2. The summed E-state index contributed by atoms with van der Waals surface area (Å²) < 4.78 is 0.222. The van der Waals surface area contributed by atoms with Crippen LogP contribution in [0.5, 0.6) is 0 Å². The molecule has 7 nitrogen and oxygen atoms in total. The maximum absolute atomic E-state index is 11.1. The summed E-state index contributed by atoms with van der Waals surface area (Å²) in [5.74, 6) is -3.09. The van der Waals surface area contributed by atoms with Crippen LogP contribution in [0.1, 0.15) is 103 Å². The van der Waals surface area contributed by atoms with Gasteiger partial charge in [-0.25, -0.2) is 0 Å². The molecule has 0 aromatic rings. The van der Waals surface area contributed by atoms with Crippen molar-refractivity contribution in [2.24, 2.45) is 0 Å². The summed E-state index contributed by atoms with van der Waals surface area (Å²) in [6, 6.07) is 0. The molecule has 0 atom stereocenters. The van der Waals surface area contributed by atoms with Crippen LogP contribution in [0.2, 0.25) is 0 Å². The van der Waals surface area contributed by atoms with Crippen LogP contribution in [0.4, 0.5) is 0 Å². The van der Waals surface area contributed by atoms with Crippen molar-refractivity contribution in [2.75, 3.05) is 26.2 Å². The Labute approximate surface area is 194 Å². The van der Waals surface area contributed by atoms with E-state index in [9.17, 15) is 19.5 Å². The Balaban J connectivity index is 4.19. The molecule has 0 spiro atoms. The lowest BCUT2D eigenvalue weighted by Gasteiger charge is -2.38. The smallest absolute Gasteiger partial charge is 0.309 e. The minimum Gasteiger partial charge on any atom is -0.550 e. The molecular formula is C25H45NO6. The molecule has 0 unspecified atom stereocenters. The van der Waals surface area contributed by atoms with Crippen LogP contribution in [0.15, 0.2) is 12.2 Å². The Hall–Kier alpha value is -1.89. The van der Waals surface area contributed by atoms with Crippen molar-refractivity contribution in [2.45, 2.75) is 103 Å². The first-order chi connectivity index (χ1) is 15.3. The van der Waals surface area contributed by atoms with Gasteiger partial charge in [0.1, 0.15) is 0 Å². The summed E-state index contributed by atoms with van der Waals surface area (Å²) in [4.78, 5) is 33.1. The molecule has 0 aliphatic heterocycles. The Morgan fingerprint density at radius 3 is 1.53 bits per heavy atom. The minimum absolute atomic E-state index is 0.0957. The summed E-state index contributed by atoms with van der Waals surface area (Å²) in [5.41, 5.74) is 0. The number of aliphatic carboxylic acids is 3. The molecular weight excluding hydrogens is 410 g/mol. The fourth-order valence-corrected chi connectivity index (χ4v) is 4.07. The van der Waals surface area contributed by atoms with Gasteiger partial charge in [-0.2, -0.15) is 0 Å². The van der Waals surface area contributed by atoms with Crippen LogP contribution < -0.4 is 5.11 Å². The van der Waals surface area contributed by atoms with Gasteiger partial charge in [-0.15, -0.1) is 0 Å². The van der Waals surface area contributed by atoms with Gasteiger partial charge in [0.05, 0.1) is 39.0 Å². The molecule has 0 fully saturated rings. The largest absolute Gasteiger partial charge is 0.550 e. The fourth-order valence-electron chi connectivity index (χ4n) is 4.07. The first-order valence-electron chi connectivity index (χ1n) is 12.4. The highest BCUT2D eigenvalue weighted by Crippen LogP contribution is 2.17. The molecule has 2 N–H and O–H groups in total. The highest BCUT2D eigenvalue weighted by atomic mass is 16.4. The first-order valence-corrected chi connectivity index (χ1v) is 12.4. The number of hydrogen-bond donors (Lipinski definition) is 2. The molecule has 0 aliphatic carbocycles. The third-order valence-electron chi connectivity index (χ3n) is 6.05. The number of carbonyl (C=O) groups excluding carboxylic acids is 1. The molecule has 186 valence electrons. The number of hydrogen-bond acceptors (Lipinski definition) is 4. The summed E-state index contributed by atoms with van der Waals surface area (Å²) in [6.45, 7) is 3.49. The molecule has 7 heteroatoms. The standard InChI is InChI=1S/C25H45NO6/c1-2-3-4-5-6-7-8-9-10-11-12-13-14-15-19-26(20-16-23(27)28,21-17-24(29)30)22-18-25(31)32/h3-4H,2,5-22H2,1H3,(H2-,27,28,29,30,31,32)/b4-3+. The highest BCUT2D eigenvalue weighted by Gasteiger charge is 2.28. The second kappa shape index (κ2) is 19.8. The molecule has 0 amide bonds. The van der Waals surface area contributed by atoms with Crippen molar-refractivity contribution in [1.29, 1.82) is 0 Å². The first kappa shape index (κ1) is 30.1. The van der Waals surface area contributed by atoms with E-state index in [0.717, 1.165) is 25.7 Å². The number of unbranched alkanes of at least 4 members (excludes halogenated alkanes) is 10. The van der Waals surface area contributed by atoms with Crippen LogP contribution in [0.25, 0.3) is 0 Å². The molecule has 0 radical (unpaired) electrons. The molecule has 0 bridgehead atoms. The van der Waals surface area contributed by atoms with Crippen LogP contribution in [-0.2, 0) is 14.4 Å². The van der Waals surface area contributed by atoms with E-state index in [2.05, 4.69) is 19.1 Å². The molecule has 0 aromatic heterocycles. The van der Waals surface area contributed by atoms with E-state index in [1.807, 2.05) is 0 Å². The van der Waals surface area contributed by atoms with Crippen LogP contribution >= 0.6 is 0 Å². The van der Waals surface area contributed by atoms with Gasteiger partial charge in [-0.3, -0.25) is 9.59 Å². The van der Waals surface area contributed by atoms with E-state index in [-0.39, 0.29) is 43.4 Å². The zero-order chi connectivity index (χ0) is 24.1. The predicted octanol–water partition coefficient (Wildman–Crippen LogP) is 4.15. The van der Waals surface area contributed by atoms with E-state index < -0.39 is 17.9 Å². The second-order valence-electron chi connectivity index (χ2n) is 8.85. The van der Waals surface area contributed by atoms with E-state index in [4.69, 9.17) is 10.2 Å². The van der Waals surface area contributed by atoms with Gasteiger partial charge in [-0.1, -0.05) is 64.0 Å². The highest BCUT2D eigenvalue weighted by molar-refractivity contribution is 5.67. The fraction of sp³-hybridized carbons (Fsp3) is 0.800. The average Bonchev–Trinajstić information content (AvgIpc) is 2.74. The number of carboxylic acid groups (broad SMARTS) is 3. The summed E-state index contributed by atoms with van der Waals surface area (Å²) >= 11 is 0. The maximum Gasteiger partial charge on any atom is 0.309 e. The molecule has 32 heavy (non-hydrogen) atoms. The van der Waals surface area contributed by atoms with E-state index in [1.165, 1.54) is 51.4 Å². The van der Waals surface area contributed by atoms with Gasteiger partial charge >= 0.3 is 11.9 Å². The van der Waals surface area contributed by atoms with Gasteiger partial charge in [0.15, 0.2) is 0 Å². The molecule has 0 heterocycles. The average molecular weight is 456 g/mol. The van der Waals surface area contributed by atoms with Crippen molar-refractivity contribution in [1.82, 2.24) is 0 Å². The quantitative estimate of drug-likeness (QED) is 0.136. The number of nitrogens with zero attached hydrogens (tertiary/aromatic N) is 1. The normalized spacial score (nSPS) is 11.8. The van der Waals surface area contributed by atoms with Crippen molar-refractivity contribution in [3.05, 3.63) is 12.2 Å². The maximum atomic E-state index is 11.1. The van der Waals surface area contributed by atoms with Crippen molar-refractivity contribution in [3.8, 4) is 0 Å². The Morgan fingerprint density at radius 2 is 1.09 bits per heavy atom. The van der Waals surface area contributed by atoms with Gasteiger partial charge in [0.25, 0.3) is 0 Å².